The zero-order valence-electron chi connectivity index (χ0n) is 28.4. The highest BCUT2D eigenvalue weighted by atomic mass is 79.9. The molecule has 2 aromatic carbocycles. The molecule has 10 nitrogen and oxygen atoms in total. The summed E-state index contributed by atoms with van der Waals surface area (Å²) in [4.78, 5) is 64.4. The van der Waals surface area contributed by atoms with Crippen molar-refractivity contribution < 1.29 is 42.2 Å². The highest BCUT2D eigenvalue weighted by Crippen LogP contribution is 2.65. The molecule has 4 aromatic rings. The lowest BCUT2D eigenvalue weighted by atomic mass is 9.49. The third kappa shape index (κ3) is 5.84. The molecule has 2 N–H and O–H groups in total. The van der Waals surface area contributed by atoms with Gasteiger partial charge >= 0.3 is 6.18 Å². The first-order chi connectivity index (χ1) is 26.2. The maximum absolute atomic E-state index is 15.4. The third-order valence-corrected chi connectivity index (χ3v) is 13.0. The van der Waals surface area contributed by atoms with Crippen LogP contribution in [-0.2, 0) is 37.3 Å². The molecule has 4 aliphatic rings. The van der Waals surface area contributed by atoms with E-state index in [2.05, 4.69) is 26.3 Å². The maximum Gasteiger partial charge on any atom is 0.417 e. The summed E-state index contributed by atoms with van der Waals surface area (Å²) in [5.41, 5.74) is 0.726. The minimum absolute atomic E-state index is 0.0605. The number of halogens is 6. The maximum atomic E-state index is 15.4. The predicted molar refractivity (Wildman–Crippen MR) is 199 cm³/mol. The number of aromatic nitrogens is 1. The number of carbonyl (C=O) groups excluding carboxylic acids is 4. The first-order valence-corrected chi connectivity index (χ1v) is 19.4. The number of rotatable bonds is 7. The number of imide groups is 2. The fourth-order valence-corrected chi connectivity index (χ4v) is 10.4. The zero-order valence-corrected chi connectivity index (χ0v) is 32.4. The Morgan fingerprint density at radius 1 is 1.05 bits per heavy atom. The molecular weight excluding hydrogens is 848 g/mol. The number of hydrogen-bond acceptors (Lipinski definition) is 9. The van der Waals surface area contributed by atoms with Crippen LogP contribution >= 0.6 is 50.5 Å². The second-order valence-electron chi connectivity index (χ2n) is 13.8. The number of pyridine rings is 1. The fourth-order valence-electron chi connectivity index (χ4n) is 8.88. The van der Waals surface area contributed by atoms with Gasteiger partial charge in [0.1, 0.15) is 0 Å². The summed E-state index contributed by atoms with van der Waals surface area (Å²) in [6.07, 6.45) is -2.32. The second kappa shape index (κ2) is 13.6. The number of likely N-dealkylation sites (tertiary alicyclic amines) is 1. The third-order valence-electron chi connectivity index (χ3n) is 11.1. The standard InChI is InChI=1S/C38H28BrCl2F3N4O6S/c1-54-28-13-19(39)12-25(31(28)49)30-22-8-9-23-29(35(52)47(33(23)50)16-21-3-2-10-55-21)24(22)14-26-34(51)48(36(53)37(26,30)17-4-6-20(40)7-5-17)46-32-27(41)11-18(15-45-32)38(42,43)44/h2-8,10-13,15,23-24,26,29-30,49H,9,14,16H2,1H3,(H,45,46)/t23-,24+,26-,29-,30+,37+/m0/s1. The molecule has 0 radical (unpaired) electrons. The van der Waals surface area contributed by atoms with E-state index in [4.69, 9.17) is 27.9 Å². The molecule has 2 aliphatic heterocycles. The Hall–Kier alpha value is -4.44. The predicted octanol–water partition coefficient (Wildman–Crippen LogP) is 8.13. The van der Waals surface area contributed by atoms with Crippen molar-refractivity contribution in [3.8, 4) is 11.5 Å². The number of thiophene rings is 1. The number of carbonyl (C=O) groups is 4. The number of amides is 4. The van der Waals surface area contributed by atoms with E-state index in [1.807, 2.05) is 23.6 Å². The van der Waals surface area contributed by atoms with E-state index in [-0.39, 0.29) is 48.2 Å². The van der Waals surface area contributed by atoms with E-state index in [1.165, 1.54) is 29.4 Å². The SMILES string of the molecule is COc1cc(Br)cc([C@H]2C3=CC[C@@H]4C(=O)N(Cc5cccs5)C(=O)[C@@H]4[C@@H]3C[C@H]3C(=O)N(Nc4ncc(C(F)(F)F)cc4Cl)C(=O)[C@@]23c2ccc(Cl)cc2)c1O. The average Bonchev–Trinajstić information content (AvgIpc) is 3.81. The summed E-state index contributed by atoms with van der Waals surface area (Å²) in [7, 11) is 1.36. The van der Waals surface area contributed by atoms with Gasteiger partial charge in [0.05, 0.1) is 47.4 Å². The number of phenols is 1. The summed E-state index contributed by atoms with van der Waals surface area (Å²) in [5.74, 6) is -7.73. The van der Waals surface area contributed by atoms with Crippen LogP contribution in [-0.4, -0.2) is 50.7 Å². The van der Waals surface area contributed by atoms with Crippen LogP contribution in [0.5, 0.6) is 11.5 Å². The van der Waals surface area contributed by atoms with E-state index < -0.39 is 69.5 Å². The molecule has 2 aromatic heterocycles. The van der Waals surface area contributed by atoms with Gasteiger partial charge in [-0.1, -0.05) is 69.0 Å². The molecule has 4 heterocycles. The van der Waals surface area contributed by atoms with E-state index in [9.17, 15) is 32.7 Å². The fraction of sp³-hybridized carbons (Fsp3) is 0.289. The summed E-state index contributed by atoms with van der Waals surface area (Å²) >= 11 is 17.5. The van der Waals surface area contributed by atoms with E-state index >= 15 is 4.79 Å². The van der Waals surface area contributed by atoms with E-state index in [0.29, 0.717) is 37.9 Å². The van der Waals surface area contributed by atoms with Crippen LogP contribution in [0, 0.1) is 23.7 Å². The topological polar surface area (TPSA) is 129 Å². The molecular formula is C38H28BrCl2F3N4O6S. The molecule has 1 saturated carbocycles. The molecule has 55 heavy (non-hydrogen) atoms. The van der Waals surface area contributed by atoms with Gasteiger partial charge in [0.15, 0.2) is 17.3 Å². The molecule has 0 unspecified atom stereocenters. The van der Waals surface area contributed by atoms with Gasteiger partial charge in [-0.2, -0.15) is 18.2 Å². The van der Waals surface area contributed by atoms with Crippen LogP contribution in [0.2, 0.25) is 10.0 Å². The minimum atomic E-state index is -4.76. The van der Waals surface area contributed by atoms with Crippen molar-refractivity contribution in [1.82, 2.24) is 14.9 Å². The van der Waals surface area contributed by atoms with Crippen LogP contribution in [0.1, 0.15) is 40.3 Å². The van der Waals surface area contributed by atoms with Crippen LogP contribution in [0.25, 0.3) is 0 Å². The minimum Gasteiger partial charge on any atom is -0.504 e. The molecule has 0 bridgehead atoms. The number of methoxy groups -OCH3 is 1. The Morgan fingerprint density at radius 2 is 1.80 bits per heavy atom. The van der Waals surface area contributed by atoms with Gasteiger partial charge in [0.2, 0.25) is 11.8 Å². The van der Waals surface area contributed by atoms with Crippen molar-refractivity contribution in [2.75, 3.05) is 12.5 Å². The number of anilines is 1. The van der Waals surface area contributed by atoms with Gasteiger partial charge in [-0.3, -0.25) is 29.5 Å². The molecule has 284 valence electrons. The highest BCUT2D eigenvalue weighted by Gasteiger charge is 2.71. The van der Waals surface area contributed by atoms with Gasteiger partial charge in [-0.25, -0.2) is 4.98 Å². The van der Waals surface area contributed by atoms with Gasteiger partial charge in [-0.15, -0.1) is 11.3 Å². The summed E-state index contributed by atoms with van der Waals surface area (Å²) in [5, 5.41) is 14.2. The number of alkyl halides is 3. The molecule has 4 amide bonds. The molecule has 3 fully saturated rings. The number of ether oxygens (including phenoxy) is 1. The number of nitrogens with one attached hydrogen (secondary N) is 1. The lowest BCUT2D eigenvalue weighted by molar-refractivity contribution is -0.142. The van der Waals surface area contributed by atoms with Crippen LogP contribution in [0.3, 0.4) is 0 Å². The van der Waals surface area contributed by atoms with Gasteiger partial charge < -0.3 is 9.84 Å². The number of allylic oxidation sites excluding steroid dienone is 2. The second-order valence-corrected chi connectivity index (χ2v) is 16.6. The number of aromatic hydroxyl groups is 1. The molecule has 17 heteroatoms. The number of fused-ring (bicyclic) bond motifs is 4. The number of hydrogen-bond donors (Lipinski definition) is 2. The molecule has 2 aliphatic carbocycles. The summed E-state index contributed by atoms with van der Waals surface area (Å²) in [6, 6.07) is 13.8. The normalized spacial score (nSPS) is 26.2. The number of hydrazine groups is 1. The van der Waals surface area contributed by atoms with Crippen molar-refractivity contribution in [1.29, 1.82) is 0 Å². The van der Waals surface area contributed by atoms with E-state index in [1.54, 1.807) is 30.3 Å². The number of benzene rings is 2. The van der Waals surface area contributed by atoms with Gasteiger partial charge in [0.25, 0.3) is 11.8 Å². The lowest BCUT2D eigenvalue weighted by Crippen LogP contribution is -2.53. The first-order valence-electron chi connectivity index (χ1n) is 16.9. The highest BCUT2D eigenvalue weighted by molar-refractivity contribution is 9.10. The average molecular weight is 877 g/mol. The number of phenolic OH excluding ortho intramolecular Hbond substituents is 1. The van der Waals surface area contributed by atoms with Crippen molar-refractivity contribution in [2.45, 2.75) is 36.9 Å². The van der Waals surface area contributed by atoms with Gasteiger partial charge in [0, 0.05) is 32.1 Å². The Kier molecular flexibility index (Phi) is 9.30. The quantitative estimate of drug-likeness (QED) is 0.141. The van der Waals surface area contributed by atoms with Crippen molar-refractivity contribution in [2.24, 2.45) is 23.7 Å². The molecule has 8 rings (SSSR count). The molecule has 0 spiro atoms. The van der Waals surface area contributed by atoms with E-state index in [0.717, 1.165) is 4.88 Å². The first kappa shape index (κ1) is 37.5. The van der Waals surface area contributed by atoms with Crippen LogP contribution in [0.4, 0.5) is 19.0 Å². The van der Waals surface area contributed by atoms with Crippen LogP contribution in [0.15, 0.2) is 82.3 Å². The number of nitrogens with zero attached hydrogens (tertiary/aromatic N) is 3. The Morgan fingerprint density at radius 3 is 2.45 bits per heavy atom. The van der Waals surface area contributed by atoms with Crippen molar-refractivity contribution in [3.05, 3.63) is 114 Å². The largest absolute Gasteiger partial charge is 0.504 e. The molecule has 2 saturated heterocycles. The smallest absolute Gasteiger partial charge is 0.417 e. The lowest BCUT2D eigenvalue weighted by Gasteiger charge is -2.50. The Balaban J connectivity index is 1.33. The van der Waals surface area contributed by atoms with Gasteiger partial charge in [-0.05, 0) is 66.1 Å². The zero-order chi connectivity index (χ0) is 39.1. The molecule has 6 atom stereocenters. The van der Waals surface area contributed by atoms with Crippen molar-refractivity contribution in [3.63, 3.8) is 0 Å². The monoisotopic (exact) mass is 874 g/mol. The van der Waals surface area contributed by atoms with Crippen LogP contribution < -0.4 is 10.2 Å². The Bertz CT molecular complexity index is 2310. The summed E-state index contributed by atoms with van der Waals surface area (Å²) < 4.78 is 46.5. The van der Waals surface area contributed by atoms with Crippen molar-refractivity contribution >= 4 is 79.9 Å². The summed E-state index contributed by atoms with van der Waals surface area (Å²) in [6.45, 7) is 0.0889. The Labute approximate surface area is 334 Å².